The van der Waals surface area contributed by atoms with Gasteiger partial charge in [-0.05, 0) is 73.9 Å². The third kappa shape index (κ3) is 3.73. The fourth-order valence-corrected chi connectivity index (χ4v) is 6.30. The van der Waals surface area contributed by atoms with E-state index >= 15 is 0 Å². The molecule has 1 spiro atoms. The second kappa shape index (κ2) is 8.04. The highest BCUT2D eigenvalue weighted by Crippen LogP contribution is 2.44. The Balaban J connectivity index is 1.36. The summed E-state index contributed by atoms with van der Waals surface area (Å²) in [5.41, 5.74) is 4.86. The Labute approximate surface area is 194 Å². The molecule has 2 aliphatic rings. The minimum atomic E-state index is -3.61. The van der Waals surface area contributed by atoms with E-state index in [4.69, 9.17) is 0 Å². The van der Waals surface area contributed by atoms with E-state index in [0.717, 1.165) is 11.4 Å². The Hall–Kier alpha value is -3.10. The summed E-state index contributed by atoms with van der Waals surface area (Å²) < 4.78 is 30.4. The molecule has 3 aromatic rings. The van der Waals surface area contributed by atoms with Crippen LogP contribution in [0, 0.1) is 6.92 Å². The first-order valence-corrected chi connectivity index (χ1v) is 12.7. The lowest BCUT2D eigenvalue weighted by atomic mass is 9.83. The van der Waals surface area contributed by atoms with Gasteiger partial charge in [0.2, 0.25) is 15.9 Å². The average molecular weight is 465 g/mol. The number of hydrogen-bond acceptors (Lipinski definition) is 4. The summed E-state index contributed by atoms with van der Waals surface area (Å²) >= 11 is 0. The van der Waals surface area contributed by atoms with Crippen molar-refractivity contribution in [2.75, 3.05) is 23.7 Å². The molecule has 2 aromatic carbocycles. The zero-order valence-corrected chi connectivity index (χ0v) is 19.7. The number of sulfonamides is 1. The summed E-state index contributed by atoms with van der Waals surface area (Å²) in [7, 11) is -3.61. The van der Waals surface area contributed by atoms with Crippen LogP contribution in [0.1, 0.15) is 37.4 Å². The van der Waals surface area contributed by atoms with Crippen LogP contribution in [0.4, 0.5) is 11.4 Å². The number of nitrogens with zero attached hydrogens (tertiary/aromatic N) is 2. The Morgan fingerprint density at radius 2 is 1.82 bits per heavy atom. The predicted octanol–water partition coefficient (Wildman–Crippen LogP) is 4.24. The first-order chi connectivity index (χ1) is 15.8. The van der Waals surface area contributed by atoms with Crippen molar-refractivity contribution in [3.05, 3.63) is 72.1 Å². The highest BCUT2D eigenvalue weighted by molar-refractivity contribution is 7.89. The fourth-order valence-electron chi connectivity index (χ4n) is 4.86. The number of hydrogen-bond donors (Lipinski definition) is 2. The zero-order chi connectivity index (χ0) is 23.2. The Kier molecular flexibility index (Phi) is 5.29. The molecule has 1 amide bonds. The number of carbonyl (C=O) groups excluding carboxylic acids is 1. The number of aromatic nitrogens is 1. The molecule has 0 saturated carbocycles. The standard InChI is InChI=1S/C25H28N4O3S/c1-3-24(30)26-19-7-9-20(10-8-19)33(31,32)28-15-12-25(13-16-28)23-5-4-14-29(23)22-11-6-18(2)17-21(22)27-25/h4-11,14,17,27H,3,12-13,15-16H2,1-2H3,(H,26,30). The van der Waals surface area contributed by atoms with Crippen LogP contribution in [0.25, 0.3) is 5.69 Å². The van der Waals surface area contributed by atoms with Crippen molar-refractivity contribution < 1.29 is 13.2 Å². The number of rotatable bonds is 4. The molecule has 0 unspecified atom stereocenters. The van der Waals surface area contributed by atoms with Gasteiger partial charge in [-0.15, -0.1) is 0 Å². The predicted molar refractivity (Wildman–Crippen MR) is 129 cm³/mol. The molecule has 2 N–H and O–H groups in total. The largest absolute Gasteiger partial charge is 0.372 e. The number of benzene rings is 2. The maximum atomic E-state index is 13.3. The number of fused-ring (bicyclic) bond motifs is 4. The Morgan fingerprint density at radius 1 is 1.09 bits per heavy atom. The molecule has 7 nitrogen and oxygen atoms in total. The number of anilines is 2. The lowest BCUT2D eigenvalue weighted by Gasteiger charge is -2.46. The SMILES string of the molecule is CCC(=O)Nc1ccc(S(=O)(=O)N2CCC3(CC2)Nc2cc(C)ccc2-n2cccc23)cc1. The first-order valence-electron chi connectivity index (χ1n) is 11.3. The molecule has 1 aromatic heterocycles. The van der Waals surface area contributed by atoms with Gasteiger partial charge < -0.3 is 15.2 Å². The van der Waals surface area contributed by atoms with Gasteiger partial charge in [-0.1, -0.05) is 13.0 Å². The molecular formula is C25H28N4O3S. The molecule has 8 heteroatoms. The summed E-state index contributed by atoms with van der Waals surface area (Å²) in [5.74, 6) is -0.103. The van der Waals surface area contributed by atoms with E-state index in [1.807, 2.05) is 0 Å². The molecule has 0 aliphatic carbocycles. The molecule has 172 valence electrons. The van der Waals surface area contributed by atoms with Gasteiger partial charge in [-0.2, -0.15) is 4.31 Å². The highest BCUT2D eigenvalue weighted by Gasteiger charge is 2.43. The van der Waals surface area contributed by atoms with Gasteiger partial charge in [0.05, 0.1) is 21.8 Å². The van der Waals surface area contributed by atoms with Crippen LogP contribution >= 0.6 is 0 Å². The molecular weight excluding hydrogens is 436 g/mol. The summed E-state index contributed by atoms with van der Waals surface area (Å²) in [5, 5.41) is 6.51. The minimum Gasteiger partial charge on any atom is -0.372 e. The van der Waals surface area contributed by atoms with Gasteiger partial charge in [-0.25, -0.2) is 8.42 Å². The number of aryl methyl sites for hydroxylation is 1. The Morgan fingerprint density at radius 3 is 2.52 bits per heavy atom. The van der Waals surface area contributed by atoms with Crippen LogP contribution in [-0.4, -0.2) is 36.3 Å². The lowest BCUT2D eigenvalue weighted by Crippen LogP contribution is -2.51. The van der Waals surface area contributed by atoms with Crippen molar-refractivity contribution in [3.63, 3.8) is 0 Å². The summed E-state index contributed by atoms with van der Waals surface area (Å²) in [4.78, 5) is 11.8. The van der Waals surface area contributed by atoms with E-state index in [0.29, 0.717) is 38.0 Å². The van der Waals surface area contributed by atoms with Gasteiger partial charge in [-0.3, -0.25) is 4.79 Å². The van der Waals surface area contributed by atoms with Crippen LogP contribution in [-0.2, 0) is 20.4 Å². The van der Waals surface area contributed by atoms with Crippen LogP contribution < -0.4 is 10.6 Å². The third-order valence-electron chi connectivity index (χ3n) is 6.70. The summed E-state index contributed by atoms with van der Waals surface area (Å²) in [6.07, 6.45) is 3.80. The van der Waals surface area contributed by atoms with Crippen molar-refractivity contribution in [2.24, 2.45) is 0 Å². The van der Waals surface area contributed by atoms with Crippen molar-refractivity contribution in [1.82, 2.24) is 8.87 Å². The second-order valence-electron chi connectivity index (χ2n) is 8.82. The third-order valence-corrected chi connectivity index (χ3v) is 8.61. The van der Waals surface area contributed by atoms with Gasteiger partial charge >= 0.3 is 0 Å². The molecule has 0 radical (unpaired) electrons. The molecule has 1 fully saturated rings. The van der Waals surface area contributed by atoms with Gasteiger partial charge in [0.15, 0.2) is 0 Å². The number of amides is 1. The first kappa shape index (κ1) is 21.7. The molecule has 3 heterocycles. The molecule has 5 rings (SSSR count). The summed E-state index contributed by atoms with van der Waals surface area (Å²) in [6, 6.07) is 17.0. The highest BCUT2D eigenvalue weighted by atomic mass is 32.2. The van der Waals surface area contributed by atoms with E-state index in [2.05, 4.69) is 58.7 Å². The van der Waals surface area contributed by atoms with E-state index in [1.54, 1.807) is 35.5 Å². The van der Waals surface area contributed by atoms with Gasteiger partial charge in [0, 0.05) is 37.1 Å². The topological polar surface area (TPSA) is 83.4 Å². The van der Waals surface area contributed by atoms with Crippen LogP contribution in [0.2, 0.25) is 0 Å². The summed E-state index contributed by atoms with van der Waals surface area (Å²) in [6.45, 7) is 4.70. The maximum absolute atomic E-state index is 13.3. The molecule has 33 heavy (non-hydrogen) atoms. The van der Waals surface area contributed by atoms with Crippen LogP contribution in [0.5, 0.6) is 0 Å². The van der Waals surface area contributed by atoms with E-state index < -0.39 is 10.0 Å². The molecule has 2 aliphatic heterocycles. The maximum Gasteiger partial charge on any atom is 0.243 e. The number of carbonyl (C=O) groups is 1. The smallest absolute Gasteiger partial charge is 0.243 e. The van der Waals surface area contributed by atoms with Crippen molar-refractivity contribution >= 4 is 27.3 Å². The van der Waals surface area contributed by atoms with Crippen molar-refractivity contribution in [2.45, 2.75) is 43.5 Å². The minimum absolute atomic E-state index is 0.103. The lowest BCUT2D eigenvalue weighted by molar-refractivity contribution is -0.115. The van der Waals surface area contributed by atoms with Crippen LogP contribution in [0.15, 0.2) is 65.7 Å². The van der Waals surface area contributed by atoms with E-state index in [1.165, 1.54) is 11.3 Å². The van der Waals surface area contributed by atoms with Gasteiger partial charge in [0.25, 0.3) is 0 Å². The van der Waals surface area contributed by atoms with Crippen molar-refractivity contribution in [3.8, 4) is 5.69 Å². The zero-order valence-electron chi connectivity index (χ0n) is 18.8. The van der Waals surface area contributed by atoms with E-state index in [9.17, 15) is 13.2 Å². The monoisotopic (exact) mass is 464 g/mol. The number of piperidine rings is 1. The Bertz CT molecular complexity index is 1300. The quantitative estimate of drug-likeness (QED) is 0.605. The average Bonchev–Trinajstić information content (AvgIpc) is 3.31. The molecule has 0 atom stereocenters. The normalized spacial score (nSPS) is 17.2. The molecule has 1 saturated heterocycles. The molecule has 0 bridgehead atoms. The fraction of sp³-hybridized carbons (Fsp3) is 0.320. The second-order valence-corrected chi connectivity index (χ2v) is 10.8. The van der Waals surface area contributed by atoms with Crippen LogP contribution in [0.3, 0.4) is 0 Å². The van der Waals surface area contributed by atoms with Crippen molar-refractivity contribution in [1.29, 1.82) is 0 Å². The van der Waals surface area contributed by atoms with Gasteiger partial charge in [0.1, 0.15) is 0 Å². The number of nitrogens with one attached hydrogen (secondary N) is 2. The van der Waals surface area contributed by atoms with E-state index in [-0.39, 0.29) is 16.3 Å².